The molecule has 2 nitrogen and oxygen atoms in total. The summed E-state index contributed by atoms with van der Waals surface area (Å²) in [5.74, 6) is 0. The topological polar surface area (TPSA) is 6.48 Å². The molecule has 1 aromatic rings. The van der Waals surface area contributed by atoms with Gasteiger partial charge in [0.2, 0.25) is 0 Å². The molecular weight excluding hydrogens is 276 g/mol. The maximum Gasteiger partial charge on any atom is 0.0288 e. The summed E-state index contributed by atoms with van der Waals surface area (Å²) in [4.78, 5) is 4.08. The van der Waals surface area contributed by atoms with Gasteiger partial charge in [-0.15, -0.1) is 0 Å². The largest absolute Gasteiger partial charge is 0.301 e. The van der Waals surface area contributed by atoms with Crippen LogP contribution in [0.1, 0.15) is 43.4 Å². The van der Waals surface area contributed by atoms with Gasteiger partial charge in [0.1, 0.15) is 0 Å². The molecule has 0 unspecified atom stereocenters. The Morgan fingerprint density at radius 3 is 2.05 bits per heavy atom. The van der Waals surface area contributed by atoms with Crippen LogP contribution in [0.3, 0.4) is 0 Å². The zero-order valence-corrected chi connectivity index (χ0v) is 15.1. The van der Waals surface area contributed by atoms with Crippen LogP contribution < -0.4 is 0 Å². The number of nitrogens with zero attached hydrogens (tertiary/aromatic N) is 2. The summed E-state index contributed by atoms with van der Waals surface area (Å²) in [6.07, 6.45) is 2.61. The van der Waals surface area contributed by atoms with E-state index in [9.17, 15) is 0 Å². The predicted octanol–water partition coefficient (Wildman–Crippen LogP) is 4.43. The summed E-state index contributed by atoms with van der Waals surface area (Å²) in [6.45, 7) is 16.0. The molecule has 0 spiro atoms. The smallest absolute Gasteiger partial charge is 0.0288 e. The lowest BCUT2D eigenvalue weighted by molar-refractivity contribution is 0.156. The fraction of sp³-hybridized carbons (Fsp3) is 0.667. The highest BCUT2D eigenvalue weighted by Gasteiger charge is 2.24. The zero-order valence-electron chi connectivity index (χ0n) is 14.3. The van der Waals surface area contributed by atoms with Crippen LogP contribution in [0.2, 0.25) is 0 Å². The van der Waals surface area contributed by atoms with Gasteiger partial charge in [-0.2, -0.15) is 0 Å². The van der Waals surface area contributed by atoms with Gasteiger partial charge in [-0.05, 0) is 69.8 Å². The first kappa shape index (κ1) is 16.9. The van der Waals surface area contributed by atoms with E-state index in [0.29, 0.717) is 0 Å². The summed E-state index contributed by atoms with van der Waals surface area (Å²) in [5.41, 5.74) is 4.21. The van der Waals surface area contributed by atoms with Gasteiger partial charge in [-0.3, -0.25) is 0 Å². The number of rotatable bonds is 5. The Balaban J connectivity index is 1.95. The maximum atomic E-state index is 2.62. The van der Waals surface area contributed by atoms with Gasteiger partial charge in [0.25, 0.3) is 0 Å². The van der Waals surface area contributed by atoms with E-state index in [0.717, 1.165) is 6.04 Å². The average Bonchev–Trinajstić information content (AvgIpc) is 2.45. The molecule has 118 valence electrons. The lowest BCUT2D eigenvalue weighted by Crippen LogP contribution is -2.42. The zero-order chi connectivity index (χ0) is 15.4. The second kappa shape index (κ2) is 7.66. The molecule has 0 amide bonds. The van der Waals surface area contributed by atoms with Gasteiger partial charge in [-0.1, -0.05) is 31.5 Å². The van der Waals surface area contributed by atoms with Crippen molar-refractivity contribution in [3.8, 4) is 0 Å². The third-order valence-electron chi connectivity index (χ3n) is 4.58. The third kappa shape index (κ3) is 4.24. The lowest BCUT2D eigenvalue weighted by atomic mass is 10.1. The van der Waals surface area contributed by atoms with Crippen molar-refractivity contribution in [2.75, 3.05) is 26.2 Å². The summed E-state index contributed by atoms with van der Waals surface area (Å²) < 4.78 is 2.56. The Labute approximate surface area is 135 Å². The molecule has 0 aromatic heterocycles. The number of piperidine rings is 1. The minimum Gasteiger partial charge on any atom is -0.301 e. The fourth-order valence-electron chi connectivity index (χ4n) is 3.48. The van der Waals surface area contributed by atoms with Crippen LogP contribution in [0.5, 0.6) is 0 Å². The van der Waals surface area contributed by atoms with Crippen molar-refractivity contribution in [1.29, 1.82) is 0 Å². The van der Waals surface area contributed by atoms with E-state index < -0.39 is 0 Å². The SMILES string of the molecule is CCN(CC)C1CCN(Sc2c(C)cc(C)cc2C)CC1. The van der Waals surface area contributed by atoms with E-state index >= 15 is 0 Å². The van der Waals surface area contributed by atoms with Crippen molar-refractivity contribution in [3.63, 3.8) is 0 Å². The van der Waals surface area contributed by atoms with Crippen molar-refractivity contribution in [2.24, 2.45) is 0 Å². The highest BCUT2D eigenvalue weighted by Crippen LogP contribution is 2.32. The first-order valence-electron chi connectivity index (χ1n) is 8.30. The van der Waals surface area contributed by atoms with Gasteiger partial charge in [0.15, 0.2) is 0 Å². The van der Waals surface area contributed by atoms with Crippen LogP contribution >= 0.6 is 11.9 Å². The fourth-order valence-corrected chi connectivity index (χ4v) is 4.54. The number of hydrogen-bond donors (Lipinski definition) is 0. The highest BCUT2D eigenvalue weighted by molar-refractivity contribution is 7.97. The van der Waals surface area contributed by atoms with E-state index in [1.165, 1.54) is 60.6 Å². The molecule has 0 N–H and O–H groups in total. The molecule has 0 atom stereocenters. The molecule has 0 bridgehead atoms. The summed E-state index contributed by atoms with van der Waals surface area (Å²) in [6, 6.07) is 5.40. The Bertz CT molecular complexity index is 437. The molecule has 1 heterocycles. The Morgan fingerprint density at radius 2 is 1.57 bits per heavy atom. The van der Waals surface area contributed by atoms with E-state index in [1.54, 1.807) is 0 Å². The number of benzene rings is 1. The van der Waals surface area contributed by atoms with Gasteiger partial charge in [0, 0.05) is 24.0 Å². The summed E-state index contributed by atoms with van der Waals surface area (Å²) in [7, 11) is 0. The molecule has 3 heteroatoms. The standard InChI is InChI=1S/C18H30N2S/c1-6-19(7-2)17-8-10-20(11-9-17)21-18-15(4)12-14(3)13-16(18)5/h12-13,17H,6-11H2,1-5H3. The van der Waals surface area contributed by atoms with E-state index in [4.69, 9.17) is 0 Å². The molecule has 1 aliphatic rings. The van der Waals surface area contributed by atoms with Crippen LogP contribution in [0.25, 0.3) is 0 Å². The second-order valence-electron chi connectivity index (χ2n) is 6.20. The van der Waals surface area contributed by atoms with E-state index in [2.05, 4.69) is 56.0 Å². The highest BCUT2D eigenvalue weighted by atomic mass is 32.2. The Hall–Kier alpha value is -0.510. The third-order valence-corrected chi connectivity index (χ3v) is 6.03. The van der Waals surface area contributed by atoms with Crippen LogP contribution in [-0.2, 0) is 0 Å². The molecule has 1 saturated heterocycles. The van der Waals surface area contributed by atoms with Crippen molar-refractivity contribution in [2.45, 2.75) is 58.4 Å². The molecule has 0 radical (unpaired) electrons. The molecule has 0 saturated carbocycles. The van der Waals surface area contributed by atoms with Gasteiger partial charge in [0.05, 0.1) is 0 Å². The van der Waals surface area contributed by atoms with Crippen LogP contribution in [-0.4, -0.2) is 41.4 Å². The van der Waals surface area contributed by atoms with Gasteiger partial charge < -0.3 is 4.90 Å². The van der Waals surface area contributed by atoms with Crippen molar-refractivity contribution in [1.82, 2.24) is 9.21 Å². The Morgan fingerprint density at radius 1 is 1.05 bits per heavy atom. The minimum atomic E-state index is 0.789. The number of hydrogen-bond acceptors (Lipinski definition) is 3. The average molecular weight is 307 g/mol. The second-order valence-corrected chi connectivity index (χ2v) is 7.31. The van der Waals surface area contributed by atoms with Crippen LogP contribution in [0.4, 0.5) is 0 Å². The maximum absolute atomic E-state index is 2.62. The molecule has 1 fully saturated rings. The monoisotopic (exact) mass is 306 g/mol. The van der Waals surface area contributed by atoms with Crippen molar-refractivity contribution in [3.05, 3.63) is 28.8 Å². The predicted molar refractivity (Wildman–Crippen MR) is 94.0 cm³/mol. The summed E-state index contributed by atoms with van der Waals surface area (Å²) in [5, 5.41) is 0. The van der Waals surface area contributed by atoms with Crippen LogP contribution in [0, 0.1) is 20.8 Å². The first-order chi connectivity index (χ1) is 10.0. The molecule has 21 heavy (non-hydrogen) atoms. The van der Waals surface area contributed by atoms with E-state index in [-0.39, 0.29) is 0 Å². The molecular formula is C18H30N2S. The van der Waals surface area contributed by atoms with E-state index in [1.807, 2.05) is 11.9 Å². The normalized spacial score (nSPS) is 17.6. The van der Waals surface area contributed by atoms with Gasteiger partial charge in [-0.25, -0.2) is 4.31 Å². The minimum absolute atomic E-state index is 0.789. The Kier molecular flexibility index (Phi) is 6.15. The van der Waals surface area contributed by atoms with Crippen molar-refractivity contribution >= 4 is 11.9 Å². The van der Waals surface area contributed by atoms with Gasteiger partial charge >= 0.3 is 0 Å². The van der Waals surface area contributed by atoms with Crippen molar-refractivity contribution < 1.29 is 0 Å². The number of aryl methyl sites for hydroxylation is 3. The van der Waals surface area contributed by atoms with Crippen LogP contribution in [0.15, 0.2) is 17.0 Å². The molecule has 2 rings (SSSR count). The molecule has 1 aromatic carbocycles. The quantitative estimate of drug-likeness (QED) is 0.743. The molecule has 0 aliphatic carbocycles. The lowest BCUT2D eigenvalue weighted by Gasteiger charge is -2.37. The first-order valence-corrected chi connectivity index (χ1v) is 9.07. The summed E-state index contributed by atoms with van der Waals surface area (Å²) >= 11 is 1.97. The molecule has 1 aliphatic heterocycles.